The van der Waals surface area contributed by atoms with Gasteiger partial charge in [-0.25, -0.2) is 4.98 Å². The van der Waals surface area contributed by atoms with Crippen LogP contribution in [0.25, 0.3) is 6.08 Å². The van der Waals surface area contributed by atoms with Gasteiger partial charge in [0.05, 0.1) is 5.69 Å². The second-order valence-corrected chi connectivity index (χ2v) is 8.71. The third-order valence-corrected chi connectivity index (χ3v) is 4.71. The molecule has 0 saturated carbocycles. The predicted molar refractivity (Wildman–Crippen MR) is 102 cm³/mol. The number of halogens is 6. The van der Waals surface area contributed by atoms with Crippen molar-refractivity contribution in [2.24, 2.45) is 5.92 Å². The van der Waals surface area contributed by atoms with Crippen molar-refractivity contribution < 1.29 is 35.9 Å². The maximum absolute atomic E-state index is 12.6. The smallest absolute Gasteiger partial charge is 0.381 e. The first kappa shape index (κ1) is 25.2. The molecular formula is C20H27F6N3O2. The molecule has 11 heteroatoms. The molecule has 0 N–H and O–H groups in total. The van der Waals surface area contributed by atoms with E-state index in [9.17, 15) is 31.1 Å². The van der Waals surface area contributed by atoms with Crippen LogP contribution in [0, 0.1) is 5.92 Å². The van der Waals surface area contributed by atoms with Crippen LogP contribution in [0.1, 0.15) is 45.1 Å². The van der Waals surface area contributed by atoms with Crippen LogP contribution in [-0.2, 0) is 21.5 Å². The van der Waals surface area contributed by atoms with Gasteiger partial charge < -0.3 is 14.2 Å². The minimum absolute atomic E-state index is 0.278. The van der Waals surface area contributed by atoms with Crippen molar-refractivity contribution in [3.8, 4) is 0 Å². The standard InChI is InChI=1S/C20H27F6N3O2/c1-18(2,3)17-27-15(11-28(17)10-14-6-8-31-9-7-14)4-5-16(30)29(12-19(21,22)23)13-20(24,25)26/h4-5,11,14H,6-10,12-13H2,1-3H3. The van der Waals surface area contributed by atoms with E-state index in [1.165, 1.54) is 0 Å². The Hall–Kier alpha value is -2.04. The molecule has 1 aromatic heterocycles. The fraction of sp³-hybridized carbons (Fsp3) is 0.700. The maximum atomic E-state index is 12.6. The molecule has 176 valence electrons. The summed E-state index contributed by atoms with van der Waals surface area (Å²) in [5, 5.41) is 0. The van der Waals surface area contributed by atoms with E-state index in [1.54, 1.807) is 6.20 Å². The molecule has 1 aliphatic rings. The summed E-state index contributed by atoms with van der Waals surface area (Å²) in [6.07, 6.45) is -4.61. The number of nitrogens with zero attached hydrogens (tertiary/aromatic N) is 3. The number of imidazole rings is 1. The SMILES string of the molecule is CC(C)(C)c1nc(C=CC(=O)N(CC(F)(F)F)CC(F)(F)F)cn1CC1CCOCC1. The van der Waals surface area contributed by atoms with Crippen LogP contribution in [0.5, 0.6) is 0 Å². The first-order valence-corrected chi connectivity index (χ1v) is 9.90. The van der Waals surface area contributed by atoms with Gasteiger partial charge in [-0.3, -0.25) is 4.79 Å². The molecular weight excluding hydrogens is 428 g/mol. The van der Waals surface area contributed by atoms with Gasteiger partial charge in [-0.2, -0.15) is 26.3 Å². The van der Waals surface area contributed by atoms with Gasteiger partial charge in [0.2, 0.25) is 5.91 Å². The number of ether oxygens (including phenoxy) is 1. The molecule has 0 radical (unpaired) electrons. The van der Waals surface area contributed by atoms with Crippen molar-refractivity contribution in [2.45, 2.75) is 57.9 Å². The van der Waals surface area contributed by atoms with E-state index in [4.69, 9.17) is 4.74 Å². The van der Waals surface area contributed by atoms with Gasteiger partial charge >= 0.3 is 12.4 Å². The molecule has 0 unspecified atom stereocenters. The summed E-state index contributed by atoms with van der Waals surface area (Å²) < 4.78 is 82.9. The van der Waals surface area contributed by atoms with Gasteiger partial charge in [0.1, 0.15) is 18.9 Å². The second-order valence-electron chi connectivity index (χ2n) is 8.71. The average molecular weight is 455 g/mol. The summed E-state index contributed by atoms with van der Waals surface area (Å²) in [6, 6.07) is 0. The highest BCUT2D eigenvalue weighted by Gasteiger charge is 2.39. The summed E-state index contributed by atoms with van der Waals surface area (Å²) in [5.41, 5.74) is -0.0517. The summed E-state index contributed by atoms with van der Waals surface area (Å²) in [5.74, 6) is -0.295. The zero-order valence-corrected chi connectivity index (χ0v) is 17.7. The number of hydrogen-bond acceptors (Lipinski definition) is 3. The Balaban J connectivity index is 2.21. The van der Waals surface area contributed by atoms with Crippen LogP contribution in [0.2, 0.25) is 0 Å². The molecule has 31 heavy (non-hydrogen) atoms. The molecule has 2 heterocycles. The van der Waals surface area contributed by atoms with E-state index in [0.29, 0.717) is 43.3 Å². The van der Waals surface area contributed by atoms with Crippen molar-refractivity contribution in [1.29, 1.82) is 0 Å². The topological polar surface area (TPSA) is 47.4 Å². The molecule has 1 saturated heterocycles. The van der Waals surface area contributed by atoms with Crippen LogP contribution < -0.4 is 0 Å². The molecule has 5 nitrogen and oxygen atoms in total. The molecule has 0 bridgehead atoms. The van der Waals surface area contributed by atoms with Crippen LogP contribution >= 0.6 is 0 Å². The fourth-order valence-electron chi connectivity index (χ4n) is 3.37. The lowest BCUT2D eigenvalue weighted by atomic mass is 9.94. The minimum Gasteiger partial charge on any atom is -0.381 e. The summed E-state index contributed by atoms with van der Waals surface area (Å²) in [6.45, 7) is 3.87. The minimum atomic E-state index is -4.94. The molecule has 1 aromatic rings. The molecule has 0 atom stereocenters. The lowest BCUT2D eigenvalue weighted by Crippen LogP contribution is -2.43. The summed E-state index contributed by atoms with van der Waals surface area (Å²) in [4.78, 5) is 16.2. The van der Waals surface area contributed by atoms with Crippen molar-refractivity contribution >= 4 is 12.0 Å². The van der Waals surface area contributed by atoms with Crippen molar-refractivity contribution in [2.75, 3.05) is 26.3 Å². The van der Waals surface area contributed by atoms with Crippen molar-refractivity contribution in [1.82, 2.24) is 14.5 Å². The quantitative estimate of drug-likeness (QED) is 0.466. The summed E-state index contributed by atoms with van der Waals surface area (Å²) in [7, 11) is 0. The van der Waals surface area contributed by atoms with Crippen LogP contribution in [0.15, 0.2) is 12.3 Å². The van der Waals surface area contributed by atoms with Gasteiger partial charge in [-0.1, -0.05) is 20.8 Å². The molecule has 1 amide bonds. The number of alkyl halides is 6. The Morgan fingerprint density at radius 1 is 1.13 bits per heavy atom. The molecule has 1 fully saturated rings. The first-order valence-electron chi connectivity index (χ1n) is 9.90. The van der Waals surface area contributed by atoms with Crippen LogP contribution in [-0.4, -0.2) is 59.0 Å². The molecule has 0 aromatic carbocycles. The highest BCUT2D eigenvalue weighted by Crippen LogP contribution is 2.26. The fourth-order valence-corrected chi connectivity index (χ4v) is 3.37. The van der Waals surface area contributed by atoms with Crippen LogP contribution in [0.3, 0.4) is 0 Å². The Bertz CT molecular complexity index is 755. The Kier molecular flexibility index (Phi) is 7.83. The van der Waals surface area contributed by atoms with E-state index >= 15 is 0 Å². The molecule has 2 rings (SSSR count). The van der Waals surface area contributed by atoms with Crippen molar-refractivity contribution in [3.63, 3.8) is 0 Å². The van der Waals surface area contributed by atoms with Gasteiger partial charge in [0.25, 0.3) is 0 Å². The van der Waals surface area contributed by atoms with E-state index in [0.717, 1.165) is 18.9 Å². The zero-order valence-electron chi connectivity index (χ0n) is 17.7. The zero-order chi connectivity index (χ0) is 23.4. The van der Waals surface area contributed by atoms with E-state index in [-0.39, 0.29) is 10.3 Å². The van der Waals surface area contributed by atoms with Gasteiger partial charge in [0, 0.05) is 37.4 Å². The molecule has 0 aliphatic carbocycles. The molecule has 0 spiro atoms. The van der Waals surface area contributed by atoms with Crippen molar-refractivity contribution in [3.05, 3.63) is 23.8 Å². The Labute approximate surface area is 177 Å². The lowest BCUT2D eigenvalue weighted by molar-refractivity contribution is -0.185. The van der Waals surface area contributed by atoms with Crippen LogP contribution in [0.4, 0.5) is 26.3 Å². The lowest BCUT2D eigenvalue weighted by Gasteiger charge is -2.25. The number of carbonyl (C=O) groups is 1. The predicted octanol–water partition coefficient (Wildman–Crippen LogP) is 4.57. The van der Waals surface area contributed by atoms with Gasteiger partial charge in [0.15, 0.2) is 0 Å². The van der Waals surface area contributed by atoms with E-state index in [1.807, 2.05) is 25.3 Å². The summed E-state index contributed by atoms with van der Waals surface area (Å²) >= 11 is 0. The molecule has 1 aliphatic heterocycles. The highest BCUT2D eigenvalue weighted by molar-refractivity contribution is 5.91. The largest absolute Gasteiger partial charge is 0.406 e. The van der Waals surface area contributed by atoms with E-state index in [2.05, 4.69) is 4.98 Å². The van der Waals surface area contributed by atoms with Gasteiger partial charge in [-0.05, 0) is 24.8 Å². The Morgan fingerprint density at radius 2 is 1.68 bits per heavy atom. The maximum Gasteiger partial charge on any atom is 0.406 e. The number of carbonyl (C=O) groups excluding carboxylic acids is 1. The second kappa shape index (κ2) is 9.62. The number of rotatable bonds is 6. The van der Waals surface area contributed by atoms with Gasteiger partial charge in [-0.15, -0.1) is 0 Å². The number of amides is 1. The third-order valence-electron chi connectivity index (χ3n) is 4.71. The monoisotopic (exact) mass is 455 g/mol. The highest BCUT2D eigenvalue weighted by atomic mass is 19.4. The Morgan fingerprint density at radius 3 is 2.16 bits per heavy atom. The number of aromatic nitrogens is 2. The number of hydrogen-bond donors (Lipinski definition) is 0. The van der Waals surface area contributed by atoms with E-state index < -0.39 is 31.3 Å². The average Bonchev–Trinajstić information content (AvgIpc) is 3.00. The first-order chi connectivity index (χ1) is 14.1. The third kappa shape index (κ3) is 8.54. The normalized spacial score (nSPS) is 16.8.